The number of ether oxygens (including phenoxy) is 1. The van der Waals surface area contributed by atoms with Crippen molar-refractivity contribution in [3.8, 4) is 5.75 Å². The number of hydrogen-bond acceptors (Lipinski definition) is 3. The van der Waals surface area contributed by atoms with Crippen molar-refractivity contribution in [1.82, 2.24) is 5.32 Å². The molecule has 0 saturated heterocycles. The van der Waals surface area contributed by atoms with Gasteiger partial charge in [0.05, 0.1) is 7.11 Å². The van der Waals surface area contributed by atoms with Gasteiger partial charge in [-0.05, 0) is 18.1 Å². The molecule has 0 aromatic heterocycles. The van der Waals surface area contributed by atoms with Crippen LogP contribution in [-0.2, 0) is 6.54 Å². The van der Waals surface area contributed by atoms with Crippen LogP contribution in [0.2, 0.25) is 0 Å². The van der Waals surface area contributed by atoms with Gasteiger partial charge in [0.15, 0.2) is 0 Å². The minimum atomic E-state index is 0.213. The Balaban J connectivity index is 2.53. The molecular formula is C12H18BrNO2. The molecule has 1 aromatic carbocycles. The maximum absolute atomic E-state index is 8.90. The van der Waals surface area contributed by atoms with Gasteiger partial charge in [-0.3, -0.25) is 0 Å². The van der Waals surface area contributed by atoms with Crippen molar-refractivity contribution < 1.29 is 9.84 Å². The summed E-state index contributed by atoms with van der Waals surface area (Å²) in [5, 5.41) is 12.2. The van der Waals surface area contributed by atoms with Crippen LogP contribution in [-0.4, -0.2) is 25.4 Å². The SMILES string of the molecule is COc1cc(Br)ccc1CNC[C@H](C)CO. The van der Waals surface area contributed by atoms with Crippen LogP contribution in [0.15, 0.2) is 22.7 Å². The molecule has 0 amide bonds. The number of aliphatic hydroxyl groups is 1. The molecule has 4 heteroatoms. The molecule has 90 valence electrons. The fraction of sp³-hybridized carbons (Fsp3) is 0.500. The maximum atomic E-state index is 8.90. The highest BCUT2D eigenvalue weighted by molar-refractivity contribution is 9.10. The Bertz CT molecular complexity index is 331. The summed E-state index contributed by atoms with van der Waals surface area (Å²) >= 11 is 3.41. The molecular weight excluding hydrogens is 270 g/mol. The Morgan fingerprint density at radius 2 is 2.25 bits per heavy atom. The predicted octanol–water partition coefficient (Wildman–Crippen LogP) is 2.18. The van der Waals surface area contributed by atoms with E-state index in [4.69, 9.17) is 9.84 Å². The summed E-state index contributed by atoms with van der Waals surface area (Å²) in [6.45, 7) is 3.77. The number of methoxy groups -OCH3 is 1. The van der Waals surface area contributed by atoms with E-state index in [2.05, 4.69) is 21.2 Å². The first-order valence-corrected chi connectivity index (χ1v) is 6.10. The molecule has 0 saturated carbocycles. The number of benzene rings is 1. The molecule has 0 fully saturated rings. The molecule has 0 heterocycles. The molecule has 0 bridgehead atoms. The average molecular weight is 288 g/mol. The summed E-state index contributed by atoms with van der Waals surface area (Å²) < 4.78 is 6.30. The van der Waals surface area contributed by atoms with Crippen molar-refractivity contribution in [2.45, 2.75) is 13.5 Å². The van der Waals surface area contributed by atoms with Crippen LogP contribution in [0.3, 0.4) is 0 Å². The van der Waals surface area contributed by atoms with E-state index in [-0.39, 0.29) is 12.5 Å². The highest BCUT2D eigenvalue weighted by atomic mass is 79.9. The quantitative estimate of drug-likeness (QED) is 0.843. The molecule has 0 aliphatic heterocycles. The third-order valence-electron chi connectivity index (χ3n) is 2.37. The summed E-state index contributed by atoms with van der Waals surface area (Å²) in [5.41, 5.74) is 1.12. The average Bonchev–Trinajstić information content (AvgIpc) is 2.30. The zero-order valence-corrected chi connectivity index (χ0v) is 11.3. The number of rotatable bonds is 6. The van der Waals surface area contributed by atoms with E-state index in [1.165, 1.54) is 0 Å². The summed E-state index contributed by atoms with van der Waals surface area (Å²) in [5.74, 6) is 1.15. The van der Waals surface area contributed by atoms with Crippen LogP contribution in [0, 0.1) is 5.92 Å². The minimum Gasteiger partial charge on any atom is -0.496 e. The number of halogens is 1. The van der Waals surface area contributed by atoms with Gasteiger partial charge in [-0.25, -0.2) is 0 Å². The van der Waals surface area contributed by atoms with Crippen LogP contribution >= 0.6 is 15.9 Å². The largest absolute Gasteiger partial charge is 0.496 e. The lowest BCUT2D eigenvalue weighted by Gasteiger charge is -2.12. The van der Waals surface area contributed by atoms with Gasteiger partial charge in [-0.15, -0.1) is 0 Å². The van der Waals surface area contributed by atoms with Gasteiger partial charge in [0.1, 0.15) is 5.75 Å². The molecule has 0 unspecified atom stereocenters. The molecule has 3 nitrogen and oxygen atoms in total. The third-order valence-corrected chi connectivity index (χ3v) is 2.86. The minimum absolute atomic E-state index is 0.213. The number of aliphatic hydroxyl groups excluding tert-OH is 1. The van der Waals surface area contributed by atoms with E-state index in [1.54, 1.807) is 7.11 Å². The van der Waals surface area contributed by atoms with Gasteiger partial charge in [0.25, 0.3) is 0 Å². The van der Waals surface area contributed by atoms with E-state index in [9.17, 15) is 0 Å². The molecule has 0 aliphatic carbocycles. The van der Waals surface area contributed by atoms with Crippen LogP contribution in [0.4, 0.5) is 0 Å². The second-order valence-corrected chi connectivity index (χ2v) is 4.79. The standard InChI is InChI=1S/C12H18BrNO2/c1-9(8-15)6-14-7-10-3-4-11(13)5-12(10)16-2/h3-5,9,14-15H,6-8H2,1-2H3/t9-/m0/s1. The van der Waals surface area contributed by atoms with Gasteiger partial charge < -0.3 is 15.2 Å². The van der Waals surface area contributed by atoms with Crippen LogP contribution in [0.5, 0.6) is 5.75 Å². The van der Waals surface area contributed by atoms with E-state index in [0.29, 0.717) is 0 Å². The highest BCUT2D eigenvalue weighted by Gasteiger charge is 2.04. The molecule has 1 aromatic rings. The van der Waals surface area contributed by atoms with Crippen molar-refractivity contribution in [1.29, 1.82) is 0 Å². The van der Waals surface area contributed by atoms with Gasteiger partial charge >= 0.3 is 0 Å². The molecule has 0 spiro atoms. The number of nitrogens with one attached hydrogen (secondary N) is 1. The topological polar surface area (TPSA) is 41.5 Å². The first kappa shape index (κ1) is 13.5. The smallest absolute Gasteiger partial charge is 0.124 e. The van der Waals surface area contributed by atoms with Crippen LogP contribution in [0.25, 0.3) is 0 Å². The fourth-order valence-electron chi connectivity index (χ4n) is 1.38. The monoisotopic (exact) mass is 287 g/mol. The predicted molar refractivity (Wildman–Crippen MR) is 68.7 cm³/mol. The van der Waals surface area contributed by atoms with Crippen molar-refractivity contribution in [2.24, 2.45) is 5.92 Å². The summed E-state index contributed by atoms with van der Waals surface area (Å²) in [6, 6.07) is 5.97. The van der Waals surface area contributed by atoms with Crippen molar-refractivity contribution in [3.05, 3.63) is 28.2 Å². The summed E-state index contributed by atoms with van der Waals surface area (Å²) in [6.07, 6.45) is 0. The van der Waals surface area contributed by atoms with E-state index in [1.807, 2.05) is 25.1 Å². The third kappa shape index (κ3) is 4.12. The Morgan fingerprint density at radius 1 is 1.50 bits per heavy atom. The van der Waals surface area contributed by atoms with Crippen LogP contribution < -0.4 is 10.1 Å². The lowest BCUT2D eigenvalue weighted by Crippen LogP contribution is -2.22. The lowest BCUT2D eigenvalue weighted by molar-refractivity contribution is 0.233. The second-order valence-electron chi connectivity index (χ2n) is 3.87. The van der Waals surface area contributed by atoms with Gasteiger partial charge in [-0.2, -0.15) is 0 Å². The molecule has 16 heavy (non-hydrogen) atoms. The first-order valence-electron chi connectivity index (χ1n) is 5.31. The zero-order chi connectivity index (χ0) is 12.0. The summed E-state index contributed by atoms with van der Waals surface area (Å²) in [4.78, 5) is 0. The first-order chi connectivity index (χ1) is 7.67. The fourth-order valence-corrected chi connectivity index (χ4v) is 1.72. The van der Waals surface area contributed by atoms with E-state index >= 15 is 0 Å². The lowest BCUT2D eigenvalue weighted by atomic mass is 10.1. The maximum Gasteiger partial charge on any atom is 0.124 e. The zero-order valence-electron chi connectivity index (χ0n) is 9.66. The molecule has 2 N–H and O–H groups in total. The summed E-state index contributed by atoms with van der Waals surface area (Å²) in [7, 11) is 1.67. The Hall–Kier alpha value is -0.580. The Morgan fingerprint density at radius 3 is 2.88 bits per heavy atom. The van der Waals surface area contributed by atoms with Gasteiger partial charge in [0, 0.05) is 29.7 Å². The molecule has 1 atom stereocenters. The molecule has 1 rings (SSSR count). The Kier molecular flexibility index (Phi) is 5.80. The van der Waals surface area contributed by atoms with Gasteiger partial charge in [-0.1, -0.05) is 28.9 Å². The Labute approximate surface area is 105 Å². The van der Waals surface area contributed by atoms with E-state index in [0.717, 1.165) is 28.9 Å². The van der Waals surface area contributed by atoms with Gasteiger partial charge in [0.2, 0.25) is 0 Å². The second kappa shape index (κ2) is 6.89. The molecule has 0 aliphatic rings. The molecule has 0 radical (unpaired) electrons. The van der Waals surface area contributed by atoms with Crippen molar-refractivity contribution in [3.63, 3.8) is 0 Å². The number of hydrogen-bond donors (Lipinski definition) is 2. The normalized spacial score (nSPS) is 12.5. The van der Waals surface area contributed by atoms with Crippen molar-refractivity contribution >= 4 is 15.9 Å². The van der Waals surface area contributed by atoms with E-state index < -0.39 is 0 Å². The highest BCUT2D eigenvalue weighted by Crippen LogP contribution is 2.23. The van der Waals surface area contributed by atoms with Crippen molar-refractivity contribution in [2.75, 3.05) is 20.3 Å². The van der Waals surface area contributed by atoms with Crippen LogP contribution in [0.1, 0.15) is 12.5 Å².